The second kappa shape index (κ2) is 9.37. The van der Waals surface area contributed by atoms with Crippen molar-refractivity contribution in [2.75, 3.05) is 26.7 Å². The Bertz CT molecular complexity index is 1150. The first-order chi connectivity index (χ1) is 16.4. The second-order valence-electron chi connectivity index (χ2n) is 9.92. The lowest BCUT2D eigenvalue weighted by Crippen LogP contribution is -2.63. The molecule has 0 amide bonds. The molecule has 1 aliphatic rings. The minimum atomic E-state index is -4.43. The molecule has 0 spiro atoms. The van der Waals surface area contributed by atoms with Crippen molar-refractivity contribution in [2.45, 2.75) is 45.1 Å². The minimum absolute atomic E-state index is 0.0155. The fourth-order valence-corrected chi connectivity index (χ4v) is 4.91. The molecule has 0 bridgehead atoms. The van der Waals surface area contributed by atoms with E-state index in [1.54, 1.807) is 18.2 Å². The van der Waals surface area contributed by atoms with Gasteiger partial charge in [-0.25, -0.2) is 0 Å². The summed E-state index contributed by atoms with van der Waals surface area (Å²) >= 11 is 0. The molecule has 3 aromatic rings. The molecule has 2 aromatic carbocycles. The molecule has 2 heterocycles. The van der Waals surface area contributed by atoms with E-state index in [9.17, 15) is 18.3 Å². The summed E-state index contributed by atoms with van der Waals surface area (Å²) < 4.78 is 46.9. The van der Waals surface area contributed by atoms with Crippen LogP contribution < -0.4 is 0 Å². The molecule has 0 aliphatic carbocycles. The van der Waals surface area contributed by atoms with Crippen molar-refractivity contribution in [1.29, 1.82) is 0 Å². The normalized spacial score (nSPS) is 17.9. The third kappa shape index (κ3) is 5.12. The van der Waals surface area contributed by atoms with Crippen molar-refractivity contribution >= 4 is 0 Å². The van der Waals surface area contributed by atoms with Gasteiger partial charge in [0.25, 0.3) is 5.89 Å². The molecule has 6 nitrogen and oxygen atoms in total. The number of hydrogen-bond donors (Lipinski definition) is 1. The summed E-state index contributed by atoms with van der Waals surface area (Å²) in [5.74, 6) is 0.533. The number of nitrogens with zero attached hydrogens (tertiary/aromatic N) is 3. The fraction of sp³-hybridized carbons (Fsp3) is 0.462. The highest BCUT2D eigenvalue weighted by Crippen LogP contribution is 2.50. The number of alkyl halides is 3. The van der Waals surface area contributed by atoms with Gasteiger partial charge in [0, 0.05) is 24.1 Å². The van der Waals surface area contributed by atoms with E-state index in [1.807, 2.05) is 37.4 Å². The average Bonchev–Trinajstić information content (AvgIpc) is 3.26. The van der Waals surface area contributed by atoms with Gasteiger partial charge in [0.1, 0.15) is 18.8 Å². The molecule has 9 heteroatoms. The molecule has 1 saturated heterocycles. The summed E-state index contributed by atoms with van der Waals surface area (Å²) in [7, 11) is 2.02. The van der Waals surface area contributed by atoms with Gasteiger partial charge < -0.3 is 19.3 Å². The Morgan fingerprint density at radius 3 is 2.40 bits per heavy atom. The van der Waals surface area contributed by atoms with E-state index in [1.165, 1.54) is 5.56 Å². The quantitative estimate of drug-likeness (QED) is 0.473. The summed E-state index contributed by atoms with van der Waals surface area (Å²) in [6.07, 6.45) is -4.43. The molecule has 1 N–H and O–H groups in total. The molecule has 1 aliphatic heterocycles. The molecule has 1 atom stereocenters. The largest absolute Gasteiger partial charge is 0.411 e. The predicted octanol–water partition coefficient (Wildman–Crippen LogP) is 5.13. The van der Waals surface area contributed by atoms with Crippen molar-refractivity contribution < 1.29 is 27.5 Å². The number of halogens is 3. The van der Waals surface area contributed by atoms with Crippen molar-refractivity contribution in [3.8, 4) is 11.5 Å². The Balaban J connectivity index is 1.66. The highest BCUT2D eigenvalue weighted by Gasteiger charge is 2.55. The van der Waals surface area contributed by atoms with Crippen LogP contribution in [0.5, 0.6) is 0 Å². The van der Waals surface area contributed by atoms with Gasteiger partial charge >= 0.3 is 6.18 Å². The number of aromatic nitrogens is 2. The van der Waals surface area contributed by atoms with Gasteiger partial charge in [0.15, 0.2) is 5.82 Å². The molecular formula is C26H30F3N3O3. The highest BCUT2D eigenvalue weighted by molar-refractivity contribution is 5.56. The van der Waals surface area contributed by atoms with E-state index < -0.39 is 30.4 Å². The zero-order valence-electron chi connectivity index (χ0n) is 20.3. The highest BCUT2D eigenvalue weighted by atomic mass is 19.4. The Labute approximate surface area is 202 Å². The third-order valence-corrected chi connectivity index (χ3v) is 6.60. The van der Waals surface area contributed by atoms with Crippen LogP contribution in [0.1, 0.15) is 49.2 Å². The maximum atomic E-state index is 12.3. The van der Waals surface area contributed by atoms with Crippen LogP contribution in [0.3, 0.4) is 0 Å². The number of rotatable bonds is 8. The van der Waals surface area contributed by atoms with Gasteiger partial charge in [-0.15, -0.1) is 0 Å². The molecule has 1 aromatic heterocycles. The lowest BCUT2D eigenvalue weighted by atomic mass is 9.62. The standard InChI is InChI=1S/C26H30F3N3O3/c1-17(2)18-8-10-20(11-9-18)26(33,24(3)14-32(4)15-24)21-7-5-6-19(12-21)23-30-22(31-35-23)13-34-16-25(27,28)29/h5-12,17,33H,13-16H2,1-4H3/t26-/m0/s1. The summed E-state index contributed by atoms with van der Waals surface area (Å²) in [6.45, 7) is 5.93. The maximum Gasteiger partial charge on any atom is 0.411 e. The zero-order valence-corrected chi connectivity index (χ0v) is 20.3. The zero-order chi connectivity index (χ0) is 25.4. The van der Waals surface area contributed by atoms with Crippen molar-refractivity contribution in [3.63, 3.8) is 0 Å². The van der Waals surface area contributed by atoms with E-state index in [2.05, 4.69) is 40.5 Å². The fourth-order valence-electron chi connectivity index (χ4n) is 4.91. The molecular weight excluding hydrogens is 459 g/mol. The molecule has 0 radical (unpaired) electrons. The van der Waals surface area contributed by atoms with Gasteiger partial charge in [-0.05, 0) is 41.8 Å². The van der Waals surface area contributed by atoms with Crippen molar-refractivity contribution in [3.05, 3.63) is 71.0 Å². The Morgan fingerprint density at radius 2 is 1.80 bits per heavy atom. The van der Waals surface area contributed by atoms with Gasteiger partial charge in [-0.1, -0.05) is 62.3 Å². The molecule has 1 fully saturated rings. The van der Waals surface area contributed by atoms with Crippen LogP contribution in [0.25, 0.3) is 11.5 Å². The molecule has 188 valence electrons. The minimum Gasteiger partial charge on any atom is -0.380 e. The van der Waals surface area contributed by atoms with E-state index in [0.29, 0.717) is 30.1 Å². The lowest BCUT2D eigenvalue weighted by Gasteiger charge is -2.56. The summed E-state index contributed by atoms with van der Waals surface area (Å²) in [5, 5.41) is 16.1. The van der Waals surface area contributed by atoms with Crippen molar-refractivity contribution in [1.82, 2.24) is 15.0 Å². The van der Waals surface area contributed by atoms with Gasteiger partial charge in [-0.3, -0.25) is 0 Å². The Kier molecular flexibility index (Phi) is 6.78. The van der Waals surface area contributed by atoms with Crippen LogP contribution in [0.4, 0.5) is 13.2 Å². The van der Waals surface area contributed by atoms with Crippen molar-refractivity contribution in [2.24, 2.45) is 5.41 Å². The van der Waals surface area contributed by atoms with E-state index in [-0.39, 0.29) is 11.7 Å². The van der Waals surface area contributed by atoms with E-state index >= 15 is 0 Å². The number of aliphatic hydroxyl groups is 1. The van der Waals surface area contributed by atoms with Gasteiger partial charge in [-0.2, -0.15) is 18.2 Å². The molecule has 0 saturated carbocycles. The summed E-state index contributed by atoms with van der Waals surface area (Å²) in [4.78, 5) is 6.33. The second-order valence-corrected chi connectivity index (χ2v) is 9.92. The van der Waals surface area contributed by atoms with E-state index in [0.717, 1.165) is 5.56 Å². The number of benzene rings is 2. The van der Waals surface area contributed by atoms with Crippen LogP contribution in [-0.4, -0.2) is 53.1 Å². The number of hydrogen-bond acceptors (Lipinski definition) is 6. The maximum absolute atomic E-state index is 12.3. The van der Waals surface area contributed by atoms with Crippen LogP contribution in [0.15, 0.2) is 53.1 Å². The van der Waals surface area contributed by atoms with Crippen LogP contribution in [-0.2, 0) is 16.9 Å². The Morgan fingerprint density at radius 1 is 1.11 bits per heavy atom. The monoisotopic (exact) mass is 489 g/mol. The average molecular weight is 490 g/mol. The first-order valence-corrected chi connectivity index (χ1v) is 11.5. The van der Waals surface area contributed by atoms with Crippen LogP contribution >= 0.6 is 0 Å². The first kappa shape index (κ1) is 25.3. The smallest absolute Gasteiger partial charge is 0.380 e. The van der Waals surface area contributed by atoms with Crippen LogP contribution in [0, 0.1) is 5.41 Å². The topological polar surface area (TPSA) is 71.6 Å². The van der Waals surface area contributed by atoms with E-state index in [4.69, 9.17) is 4.52 Å². The van der Waals surface area contributed by atoms with Crippen LogP contribution in [0.2, 0.25) is 0 Å². The number of likely N-dealkylation sites (tertiary alicyclic amines) is 1. The molecule has 35 heavy (non-hydrogen) atoms. The summed E-state index contributed by atoms with van der Waals surface area (Å²) in [6, 6.07) is 15.3. The molecule has 0 unspecified atom stereocenters. The Hall–Kier alpha value is -2.75. The first-order valence-electron chi connectivity index (χ1n) is 11.5. The van der Waals surface area contributed by atoms with Gasteiger partial charge in [0.05, 0.1) is 0 Å². The SMILES string of the molecule is CC(C)c1ccc([C@](O)(c2cccc(-c3nc(COCC(F)(F)F)no3)c2)C2(C)CN(C)C2)cc1. The lowest BCUT2D eigenvalue weighted by molar-refractivity contribution is -0.177. The third-order valence-electron chi connectivity index (χ3n) is 6.60. The molecule has 4 rings (SSSR count). The van der Waals surface area contributed by atoms with Gasteiger partial charge in [0.2, 0.25) is 0 Å². The number of ether oxygens (including phenoxy) is 1. The summed E-state index contributed by atoms with van der Waals surface area (Å²) in [5.41, 5.74) is 1.49. The predicted molar refractivity (Wildman–Crippen MR) is 125 cm³/mol.